The first-order chi connectivity index (χ1) is 10.4. The van der Waals surface area contributed by atoms with E-state index in [1.54, 1.807) is 6.08 Å². The summed E-state index contributed by atoms with van der Waals surface area (Å²) in [6.07, 6.45) is 5.93. The van der Waals surface area contributed by atoms with Crippen LogP contribution in [-0.2, 0) is 4.74 Å². The first kappa shape index (κ1) is 17.8. The van der Waals surface area contributed by atoms with E-state index in [1.165, 1.54) is 6.92 Å². The zero-order valence-electron chi connectivity index (χ0n) is 12.4. The molecule has 1 aromatic rings. The van der Waals surface area contributed by atoms with Crippen LogP contribution in [0.15, 0.2) is 35.2 Å². The quantitative estimate of drug-likeness (QED) is 0.357. The molecule has 1 atom stereocenters. The van der Waals surface area contributed by atoms with Crippen LogP contribution in [0, 0.1) is 0 Å². The predicted octanol–water partition coefficient (Wildman–Crippen LogP) is 6.34. The van der Waals surface area contributed by atoms with Gasteiger partial charge in [0.1, 0.15) is 4.90 Å². The van der Waals surface area contributed by atoms with E-state index >= 15 is 0 Å². The van der Waals surface area contributed by atoms with Crippen molar-refractivity contribution >= 4 is 16.2 Å². The van der Waals surface area contributed by atoms with Gasteiger partial charge in [0, 0.05) is 5.92 Å². The van der Waals surface area contributed by atoms with Crippen molar-refractivity contribution in [1.29, 1.82) is 0 Å². The Balaban J connectivity index is 2.58. The largest absolute Gasteiger partial charge is 0.462 e. The maximum atomic E-state index is 13.0. The topological polar surface area (TPSA) is 26.3 Å². The molecule has 1 aromatic carbocycles. The SMILES string of the molecule is CCOC(=O)c1cc(S(F)(F)(F)(F)F)ccc1C1C=CCCC1. The number of allylic oxidation sites excluding steroid dienone is 2. The number of ether oxygens (including phenoxy) is 1. The highest BCUT2D eigenvalue weighted by Crippen LogP contribution is 3.02. The second kappa shape index (κ2) is 5.22. The second-order valence-electron chi connectivity index (χ2n) is 5.40. The van der Waals surface area contributed by atoms with Gasteiger partial charge in [0.2, 0.25) is 0 Å². The molecule has 0 N–H and O–H groups in total. The molecule has 0 radical (unpaired) electrons. The van der Waals surface area contributed by atoms with E-state index in [0.717, 1.165) is 18.9 Å². The maximum Gasteiger partial charge on any atom is 0.338 e. The third-order valence-electron chi connectivity index (χ3n) is 3.62. The lowest BCUT2D eigenvalue weighted by Gasteiger charge is -2.40. The predicted molar refractivity (Wildman–Crippen MR) is 79.5 cm³/mol. The highest BCUT2D eigenvalue weighted by molar-refractivity contribution is 8.45. The smallest absolute Gasteiger partial charge is 0.338 e. The van der Waals surface area contributed by atoms with E-state index in [-0.39, 0.29) is 24.2 Å². The Morgan fingerprint density at radius 1 is 1.26 bits per heavy atom. The van der Waals surface area contributed by atoms with Crippen molar-refractivity contribution in [1.82, 2.24) is 0 Å². The van der Waals surface area contributed by atoms with Crippen LogP contribution in [0.3, 0.4) is 0 Å². The van der Waals surface area contributed by atoms with Gasteiger partial charge in [-0.2, -0.15) is 0 Å². The van der Waals surface area contributed by atoms with E-state index < -0.39 is 26.7 Å². The van der Waals surface area contributed by atoms with Crippen molar-refractivity contribution < 1.29 is 29.0 Å². The summed E-state index contributed by atoms with van der Waals surface area (Å²) < 4.78 is 69.7. The molecule has 0 saturated heterocycles. The minimum atomic E-state index is -9.85. The number of rotatable bonds is 4. The standard InChI is InChI=1S/C15H17F5O2S/c1-2-22-15(21)14-10-12(23(16,17,18,19)20)8-9-13(14)11-6-4-3-5-7-11/h4,6,8-11H,2-3,5,7H2,1H3. The van der Waals surface area contributed by atoms with E-state index in [4.69, 9.17) is 4.74 Å². The lowest BCUT2D eigenvalue weighted by Crippen LogP contribution is -2.14. The van der Waals surface area contributed by atoms with E-state index in [9.17, 15) is 24.2 Å². The normalized spacial score (nSPS) is 21.4. The minimum Gasteiger partial charge on any atom is -0.462 e. The fourth-order valence-corrected chi connectivity index (χ4v) is 3.22. The number of carbonyl (C=O) groups is 1. The van der Waals surface area contributed by atoms with Crippen molar-refractivity contribution in [2.75, 3.05) is 6.61 Å². The van der Waals surface area contributed by atoms with Gasteiger partial charge in [-0.15, -0.1) is 0 Å². The van der Waals surface area contributed by atoms with Crippen LogP contribution in [0.25, 0.3) is 0 Å². The molecule has 130 valence electrons. The summed E-state index contributed by atoms with van der Waals surface area (Å²) in [5.74, 6) is -1.30. The van der Waals surface area contributed by atoms with Gasteiger partial charge in [-0.05, 0) is 43.9 Å². The number of hydrogen-bond donors (Lipinski definition) is 0. The highest BCUT2D eigenvalue weighted by atomic mass is 32.5. The fourth-order valence-electron chi connectivity index (χ4n) is 2.56. The van der Waals surface area contributed by atoms with Gasteiger partial charge in [-0.1, -0.05) is 37.6 Å². The van der Waals surface area contributed by atoms with E-state index in [2.05, 4.69) is 0 Å². The van der Waals surface area contributed by atoms with Crippen LogP contribution in [0.1, 0.15) is 48.0 Å². The van der Waals surface area contributed by atoms with Crippen LogP contribution in [0.5, 0.6) is 0 Å². The maximum absolute atomic E-state index is 13.0. The molecule has 0 aromatic heterocycles. The molecule has 8 heteroatoms. The van der Waals surface area contributed by atoms with Crippen LogP contribution >= 0.6 is 10.2 Å². The monoisotopic (exact) mass is 356 g/mol. The summed E-state index contributed by atoms with van der Waals surface area (Å²) in [7, 11) is -9.85. The average Bonchev–Trinajstić information content (AvgIpc) is 2.45. The summed E-state index contributed by atoms with van der Waals surface area (Å²) in [4.78, 5) is 9.88. The third kappa shape index (κ3) is 4.25. The molecule has 2 rings (SSSR count). The van der Waals surface area contributed by atoms with Crippen molar-refractivity contribution in [3.63, 3.8) is 0 Å². The molecule has 2 nitrogen and oxygen atoms in total. The fraction of sp³-hybridized carbons (Fsp3) is 0.400. The van der Waals surface area contributed by atoms with Crippen LogP contribution in [0.4, 0.5) is 19.4 Å². The van der Waals surface area contributed by atoms with Crippen molar-refractivity contribution in [2.45, 2.75) is 37.0 Å². The van der Waals surface area contributed by atoms with Gasteiger partial charge >= 0.3 is 16.2 Å². The number of hydrogen-bond acceptors (Lipinski definition) is 2. The Kier molecular flexibility index (Phi) is 4.04. The van der Waals surface area contributed by atoms with Gasteiger partial charge in [-0.25, -0.2) is 4.79 Å². The Morgan fingerprint density at radius 3 is 2.48 bits per heavy atom. The van der Waals surface area contributed by atoms with E-state index in [0.29, 0.717) is 12.5 Å². The second-order valence-corrected chi connectivity index (χ2v) is 7.81. The molecular formula is C15H17F5O2S. The molecule has 0 aliphatic heterocycles. The van der Waals surface area contributed by atoms with Gasteiger partial charge < -0.3 is 4.74 Å². The molecular weight excluding hydrogens is 339 g/mol. The lowest BCUT2D eigenvalue weighted by atomic mass is 9.86. The molecule has 0 heterocycles. The average molecular weight is 356 g/mol. The number of benzene rings is 1. The summed E-state index contributed by atoms with van der Waals surface area (Å²) in [6.45, 7) is 1.44. The van der Waals surface area contributed by atoms with Crippen molar-refractivity contribution in [2.24, 2.45) is 0 Å². The molecule has 1 aliphatic rings. The van der Waals surface area contributed by atoms with Gasteiger partial charge in [0.15, 0.2) is 0 Å². The Hall–Kier alpha value is -1.57. The molecule has 1 aliphatic carbocycles. The van der Waals surface area contributed by atoms with Crippen molar-refractivity contribution in [3.05, 3.63) is 41.5 Å². The van der Waals surface area contributed by atoms with Crippen LogP contribution in [-0.4, -0.2) is 12.6 Å². The molecule has 23 heavy (non-hydrogen) atoms. The van der Waals surface area contributed by atoms with Gasteiger partial charge in [0.05, 0.1) is 12.2 Å². The van der Waals surface area contributed by atoms with Crippen LogP contribution in [0.2, 0.25) is 0 Å². The first-order valence-electron chi connectivity index (χ1n) is 7.14. The zero-order valence-corrected chi connectivity index (χ0v) is 13.2. The molecule has 0 fully saturated rings. The zero-order chi connectivity index (χ0) is 17.4. The first-order valence-corrected chi connectivity index (χ1v) is 9.09. The number of halogens is 5. The Labute approximate surface area is 131 Å². The number of esters is 1. The molecule has 0 spiro atoms. The van der Waals surface area contributed by atoms with E-state index in [1.807, 2.05) is 6.08 Å². The van der Waals surface area contributed by atoms with Crippen molar-refractivity contribution in [3.8, 4) is 0 Å². The van der Waals surface area contributed by atoms with Gasteiger partial charge in [0.25, 0.3) is 0 Å². The summed E-state index contributed by atoms with van der Waals surface area (Å²) in [5.41, 5.74) is -0.167. The summed E-state index contributed by atoms with van der Waals surface area (Å²) in [5, 5.41) is 0. The summed E-state index contributed by atoms with van der Waals surface area (Å²) >= 11 is 0. The molecule has 0 saturated carbocycles. The minimum absolute atomic E-state index is 0.0561. The molecule has 0 bridgehead atoms. The molecule has 0 amide bonds. The Bertz CT molecular complexity index is 652. The summed E-state index contributed by atoms with van der Waals surface area (Å²) in [6, 6.07) is 1.53. The molecule has 1 unspecified atom stereocenters. The third-order valence-corrected chi connectivity index (χ3v) is 4.76. The number of carbonyl (C=O) groups excluding carboxylic acids is 1. The van der Waals surface area contributed by atoms with Crippen LogP contribution < -0.4 is 0 Å². The van der Waals surface area contributed by atoms with Gasteiger partial charge in [-0.3, -0.25) is 0 Å². The Morgan fingerprint density at radius 2 is 1.96 bits per heavy atom. The highest BCUT2D eigenvalue weighted by Gasteiger charge is 2.65. The lowest BCUT2D eigenvalue weighted by molar-refractivity contribution is 0.0524.